The lowest BCUT2D eigenvalue weighted by Crippen LogP contribution is -2.45. The maximum Gasteiger partial charge on any atom is 0.333 e. The van der Waals surface area contributed by atoms with Gasteiger partial charge in [-0.25, -0.2) is 9.98 Å². The number of fused-ring (bicyclic) bond motifs is 9. The molecule has 0 saturated heterocycles. The monoisotopic (exact) mass is 980 g/mol. The summed E-state index contributed by atoms with van der Waals surface area (Å²) in [7, 11) is 0. The van der Waals surface area contributed by atoms with E-state index in [0.717, 1.165) is 71.9 Å². The number of ketones is 4. The summed E-state index contributed by atoms with van der Waals surface area (Å²) in [5, 5.41) is 2.35. The molecular formula is C59H52N2O8S2. The number of thiophene rings is 2. The first-order chi connectivity index (χ1) is 34.6. The number of esters is 2. The smallest absolute Gasteiger partial charge is 0.333 e. The molecule has 0 aliphatic heterocycles. The molecule has 12 heteroatoms. The highest BCUT2D eigenvalue weighted by Gasteiger charge is 2.59. The predicted octanol–water partition coefficient (Wildman–Crippen LogP) is 12.0. The Morgan fingerprint density at radius 2 is 0.845 bits per heavy atom. The van der Waals surface area contributed by atoms with E-state index in [1.807, 2.05) is 97.1 Å². The fourth-order valence-electron chi connectivity index (χ4n) is 14.0. The van der Waals surface area contributed by atoms with Crippen molar-refractivity contribution in [1.82, 2.24) is 0 Å². The van der Waals surface area contributed by atoms with Gasteiger partial charge in [0.15, 0.2) is 34.6 Å². The minimum atomic E-state index is -2.09. The number of nitrogens with zero attached hydrogens (tertiary/aromatic N) is 2. The number of Topliss-reactive ketones (excluding diaryl/α,β-unsaturated/α-hetero) is 4. The Hall–Kier alpha value is -6.24. The van der Waals surface area contributed by atoms with Gasteiger partial charge in [0.25, 0.3) is 0 Å². The number of hydrogen-bond acceptors (Lipinski definition) is 12. The highest BCUT2D eigenvalue weighted by molar-refractivity contribution is 7.23. The Balaban J connectivity index is 0.923. The zero-order valence-corrected chi connectivity index (χ0v) is 40.9. The zero-order valence-electron chi connectivity index (χ0n) is 39.2. The second-order valence-corrected chi connectivity index (χ2v) is 23.4. The van der Waals surface area contributed by atoms with Crippen LogP contribution >= 0.6 is 22.7 Å². The number of benzene rings is 4. The lowest BCUT2D eigenvalue weighted by molar-refractivity contribution is -0.164. The molecule has 8 unspecified atom stereocenters. The van der Waals surface area contributed by atoms with Crippen molar-refractivity contribution in [3.8, 4) is 11.1 Å². The fourth-order valence-corrected chi connectivity index (χ4v) is 15.9. The molecule has 4 aromatic carbocycles. The number of ether oxygens (including phenoxy) is 2. The van der Waals surface area contributed by atoms with E-state index in [2.05, 4.69) is 0 Å². The largest absolute Gasteiger partial charge is 0.459 e. The van der Waals surface area contributed by atoms with Gasteiger partial charge in [0.1, 0.15) is 23.2 Å². The molecule has 7 aliphatic carbocycles. The second-order valence-electron chi connectivity index (χ2n) is 21.3. The molecule has 7 aliphatic rings. The van der Waals surface area contributed by atoms with E-state index in [4.69, 9.17) is 19.5 Å². The fraction of sp³-hybridized carbons (Fsp3) is 0.390. The van der Waals surface area contributed by atoms with Crippen molar-refractivity contribution in [3.63, 3.8) is 0 Å². The van der Waals surface area contributed by atoms with E-state index in [1.165, 1.54) is 48.4 Å². The molecule has 2 heterocycles. The molecule has 0 N–H and O–H groups in total. The highest BCUT2D eigenvalue weighted by atomic mass is 32.1. The van der Waals surface area contributed by atoms with Crippen LogP contribution in [-0.4, -0.2) is 46.5 Å². The van der Waals surface area contributed by atoms with Gasteiger partial charge in [0, 0.05) is 33.1 Å². The van der Waals surface area contributed by atoms with Crippen molar-refractivity contribution in [2.75, 3.05) is 0 Å². The van der Waals surface area contributed by atoms with Crippen LogP contribution in [0.5, 0.6) is 0 Å². The van der Waals surface area contributed by atoms with Crippen LogP contribution in [0.3, 0.4) is 0 Å². The van der Waals surface area contributed by atoms with Crippen LogP contribution in [0.15, 0.2) is 107 Å². The quantitative estimate of drug-likeness (QED) is 0.108. The summed E-state index contributed by atoms with van der Waals surface area (Å²) in [5.41, 5.74) is 1.48. The van der Waals surface area contributed by atoms with Crippen LogP contribution < -0.4 is 0 Å². The molecule has 0 spiro atoms. The van der Waals surface area contributed by atoms with E-state index >= 15 is 9.59 Å². The van der Waals surface area contributed by atoms with Crippen molar-refractivity contribution in [2.24, 2.45) is 57.3 Å². The first-order valence-corrected chi connectivity index (χ1v) is 27.2. The molecule has 10 nitrogen and oxygen atoms in total. The normalized spacial score (nSPS) is 27.2. The van der Waals surface area contributed by atoms with Crippen LogP contribution in [0.1, 0.15) is 99.3 Å². The molecule has 6 saturated carbocycles. The minimum absolute atomic E-state index is 0.0312. The zero-order chi connectivity index (χ0) is 48.1. The number of carbonyl (C=O) groups excluding carboxylic acids is 6. The minimum Gasteiger partial charge on any atom is -0.459 e. The van der Waals surface area contributed by atoms with E-state index in [-0.39, 0.29) is 71.4 Å². The van der Waals surface area contributed by atoms with E-state index in [0.29, 0.717) is 66.7 Å². The lowest BCUT2D eigenvalue weighted by atomic mass is 9.64. The van der Waals surface area contributed by atoms with Gasteiger partial charge in [-0.2, -0.15) is 0 Å². The van der Waals surface area contributed by atoms with Crippen LogP contribution in [0.4, 0.5) is 10.0 Å². The maximum absolute atomic E-state index is 15.3. The number of aliphatic imine (C=N–C) groups is 2. The summed E-state index contributed by atoms with van der Waals surface area (Å²) in [5.74, 6) is -1.52. The first kappa shape index (κ1) is 44.7. The van der Waals surface area contributed by atoms with Gasteiger partial charge in [-0.3, -0.25) is 28.8 Å². The molecule has 0 bridgehead atoms. The van der Waals surface area contributed by atoms with Gasteiger partial charge in [-0.1, -0.05) is 112 Å². The number of hydrogen-bond donors (Lipinski definition) is 0. The first-order valence-electron chi connectivity index (χ1n) is 25.6. The number of carbonyl (C=O) groups is 6. The Morgan fingerprint density at radius 3 is 1.20 bits per heavy atom. The molecule has 358 valence electrons. The van der Waals surface area contributed by atoms with Crippen LogP contribution in [-0.2, 0) is 56.9 Å². The maximum atomic E-state index is 15.3. The summed E-state index contributed by atoms with van der Waals surface area (Å²) in [6.07, 6.45) is 12.2. The van der Waals surface area contributed by atoms with Crippen molar-refractivity contribution in [2.45, 2.75) is 95.7 Å². The third-order valence-electron chi connectivity index (χ3n) is 17.5. The average Bonchev–Trinajstić information content (AvgIpc) is 4.18. The Labute approximate surface area is 419 Å². The molecular weight excluding hydrogens is 929 g/mol. The molecule has 8 atom stereocenters. The van der Waals surface area contributed by atoms with Crippen molar-refractivity contribution in [1.29, 1.82) is 0 Å². The van der Waals surface area contributed by atoms with Crippen LogP contribution in [0, 0.1) is 47.3 Å². The van der Waals surface area contributed by atoms with E-state index < -0.39 is 17.4 Å². The third kappa shape index (κ3) is 7.36. The van der Waals surface area contributed by atoms with E-state index in [9.17, 15) is 19.2 Å². The van der Waals surface area contributed by atoms with Gasteiger partial charge in [-0.05, 0) is 130 Å². The van der Waals surface area contributed by atoms with Crippen LogP contribution in [0.2, 0.25) is 0 Å². The molecule has 13 rings (SSSR count). The van der Waals surface area contributed by atoms with Crippen LogP contribution in [0.25, 0.3) is 31.3 Å². The molecule has 6 aromatic rings. The average molecular weight is 981 g/mol. The summed E-state index contributed by atoms with van der Waals surface area (Å²) in [4.78, 5) is 96.1. The Bertz CT molecular complexity index is 3030. The van der Waals surface area contributed by atoms with Gasteiger partial charge in [0.05, 0.1) is 0 Å². The molecule has 6 fully saturated rings. The SMILES string of the molecule is O=C1C(=Nc2cc3cc4c(cc3s2)-c2cc3sc(N=C5C(=O)C6CC7CCCCC7CC6C5=O)cc3cc2C4(C(=O)OCc2ccccc2)C(=O)OCc2ccccc2)C(=O)C2CC3CCCCC3CC12. The van der Waals surface area contributed by atoms with E-state index in [1.54, 1.807) is 0 Å². The van der Waals surface area contributed by atoms with Crippen molar-refractivity contribution in [3.05, 3.63) is 119 Å². The Morgan fingerprint density at radius 1 is 0.493 bits per heavy atom. The topological polar surface area (TPSA) is 146 Å². The predicted molar refractivity (Wildman–Crippen MR) is 273 cm³/mol. The summed E-state index contributed by atoms with van der Waals surface area (Å²) >= 11 is 2.70. The Kier molecular flexibility index (Phi) is 11.0. The van der Waals surface area contributed by atoms with Gasteiger partial charge in [-0.15, -0.1) is 22.7 Å². The third-order valence-corrected chi connectivity index (χ3v) is 19.5. The lowest BCUT2D eigenvalue weighted by Gasteiger charge is -2.39. The second kappa shape index (κ2) is 17.5. The summed E-state index contributed by atoms with van der Waals surface area (Å²) in [6.45, 7) is -0.195. The summed E-state index contributed by atoms with van der Waals surface area (Å²) < 4.78 is 14.0. The van der Waals surface area contributed by atoms with Crippen molar-refractivity contribution >= 4 is 99.3 Å². The van der Waals surface area contributed by atoms with Gasteiger partial charge < -0.3 is 9.47 Å². The number of rotatable bonds is 8. The van der Waals surface area contributed by atoms with Crippen molar-refractivity contribution < 1.29 is 38.2 Å². The molecule has 0 amide bonds. The molecule has 2 aromatic heterocycles. The molecule has 71 heavy (non-hydrogen) atoms. The highest BCUT2D eigenvalue weighted by Crippen LogP contribution is 2.56. The summed E-state index contributed by atoms with van der Waals surface area (Å²) in [6, 6.07) is 29.8. The van der Waals surface area contributed by atoms with Gasteiger partial charge in [0.2, 0.25) is 5.41 Å². The van der Waals surface area contributed by atoms with Gasteiger partial charge >= 0.3 is 11.9 Å². The molecule has 0 radical (unpaired) electrons. The standard InChI is InChI=1S/C59H52N2O8S2/c62-53-41-19-33-15-7-8-16-34(33)20-42(41)54(63)51(53)60-49-25-37-23-45-39(27-47(37)70-49)40-28-48-38(26-50(71-48)61-52-55(64)43-21-35-17-9-10-18-36(35)22-44(43)56(52)65)24-46(40)59(45,57(66)68-29-31-11-3-1-4-12-31)58(67)69-30-32-13-5-2-6-14-32/h1-6,11-14,23-28,33-36,41-44H,7-10,15-22,29-30H2.